The number of carbonyl (C=O) groups excluding carboxylic acids is 2. The number of amidine groups is 1. The molecule has 4 rings (SSSR count). The van der Waals surface area contributed by atoms with Crippen molar-refractivity contribution in [2.75, 3.05) is 23.7 Å². The first-order chi connectivity index (χ1) is 15.4. The quantitative estimate of drug-likeness (QED) is 0.377. The Morgan fingerprint density at radius 1 is 0.875 bits per heavy atom. The molecule has 2 amide bonds. The van der Waals surface area contributed by atoms with Crippen molar-refractivity contribution in [3.63, 3.8) is 0 Å². The van der Waals surface area contributed by atoms with Crippen molar-refractivity contribution in [2.24, 2.45) is 0 Å². The molecule has 1 aliphatic heterocycles. The number of hydrogen-bond acceptors (Lipinski definition) is 3. The van der Waals surface area contributed by atoms with Gasteiger partial charge in [0, 0.05) is 34.9 Å². The molecular formula is C24H20ClFN4O2. The Labute approximate surface area is 189 Å². The van der Waals surface area contributed by atoms with E-state index in [1.165, 1.54) is 12.1 Å². The fourth-order valence-electron chi connectivity index (χ4n) is 3.24. The maximum atomic E-state index is 13.8. The minimum absolute atomic E-state index is 0.00974. The summed E-state index contributed by atoms with van der Waals surface area (Å²) in [5, 5.41) is 14.0. The third kappa shape index (κ3) is 4.78. The van der Waals surface area contributed by atoms with Gasteiger partial charge in [0.05, 0.1) is 11.3 Å². The number of hydrogen-bond donors (Lipinski definition) is 3. The molecule has 1 heterocycles. The molecule has 3 N–H and O–H groups in total. The molecular weight excluding hydrogens is 431 g/mol. The summed E-state index contributed by atoms with van der Waals surface area (Å²) in [5.74, 6) is -1.18. The molecule has 3 aromatic carbocycles. The Kier molecular flexibility index (Phi) is 6.18. The molecule has 0 aromatic heterocycles. The molecule has 0 bridgehead atoms. The highest BCUT2D eigenvalue weighted by molar-refractivity contribution is 6.30. The number of carbonyl (C=O) groups is 2. The minimum atomic E-state index is -0.599. The number of halogens is 2. The van der Waals surface area contributed by atoms with Gasteiger partial charge in [-0.05, 0) is 61.0 Å². The maximum Gasteiger partial charge on any atom is 0.257 e. The van der Waals surface area contributed by atoms with Crippen molar-refractivity contribution >= 4 is 40.6 Å². The lowest BCUT2D eigenvalue weighted by atomic mass is 10.1. The highest BCUT2D eigenvalue weighted by Crippen LogP contribution is 2.21. The molecule has 0 saturated carbocycles. The zero-order chi connectivity index (χ0) is 22.7. The molecule has 0 radical (unpaired) electrons. The number of likely N-dealkylation sites (tertiary alicyclic amines) is 1. The Morgan fingerprint density at radius 2 is 1.53 bits per heavy atom. The molecule has 8 heteroatoms. The van der Waals surface area contributed by atoms with Crippen molar-refractivity contribution in [2.45, 2.75) is 6.42 Å². The Morgan fingerprint density at radius 3 is 2.16 bits per heavy atom. The van der Waals surface area contributed by atoms with Crippen LogP contribution < -0.4 is 10.6 Å². The van der Waals surface area contributed by atoms with E-state index in [1.54, 1.807) is 48.5 Å². The number of amides is 2. The second-order valence-electron chi connectivity index (χ2n) is 7.37. The molecule has 1 saturated heterocycles. The highest BCUT2D eigenvalue weighted by Gasteiger charge is 2.19. The Bertz CT molecular complexity index is 1180. The van der Waals surface area contributed by atoms with Gasteiger partial charge in [0.15, 0.2) is 0 Å². The van der Waals surface area contributed by atoms with Gasteiger partial charge in [-0.2, -0.15) is 0 Å². The van der Waals surface area contributed by atoms with Crippen LogP contribution in [0.15, 0.2) is 66.7 Å². The average molecular weight is 451 g/mol. The van der Waals surface area contributed by atoms with Crippen molar-refractivity contribution in [1.29, 1.82) is 5.41 Å². The number of nitrogens with zero attached hydrogens (tertiary/aromatic N) is 1. The van der Waals surface area contributed by atoms with Crippen molar-refractivity contribution in [3.05, 3.63) is 94.3 Å². The van der Waals surface area contributed by atoms with Gasteiger partial charge in [0.25, 0.3) is 11.8 Å². The number of anilines is 2. The Balaban J connectivity index is 1.49. The Hall–Kier alpha value is -3.71. The maximum absolute atomic E-state index is 13.8. The van der Waals surface area contributed by atoms with E-state index in [1.807, 2.05) is 4.90 Å². The third-order valence-electron chi connectivity index (χ3n) is 5.17. The SMILES string of the molecule is N=C(c1ccc(C(=O)Nc2ccc(F)cc2C(=O)Nc2ccc(Cl)cc2)cc1)N1CCC1. The lowest BCUT2D eigenvalue weighted by Gasteiger charge is -2.33. The van der Waals surface area contributed by atoms with Crippen LogP contribution in [0.5, 0.6) is 0 Å². The number of benzene rings is 3. The van der Waals surface area contributed by atoms with Gasteiger partial charge in [-0.3, -0.25) is 15.0 Å². The topological polar surface area (TPSA) is 85.3 Å². The predicted octanol–water partition coefficient (Wildman–Crippen LogP) is 5.01. The van der Waals surface area contributed by atoms with Gasteiger partial charge >= 0.3 is 0 Å². The molecule has 6 nitrogen and oxygen atoms in total. The average Bonchev–Trinajstić information content (AvgIpc) is 2.75. The summed E-state index contributed by atoms with van der Waals surface area (Å²) >= 11 is 5.86. The number of nitrogens with one attached hydrogen (secondary N) is 3. The summed E-state index contributed by atoms with van der Waals surface area (Å²) < 4.78 is 13.8. The lowest BCUT2D eigenvalue weighted by Crippen LogP contribution is -2.42. The molecule has 3 aromatic rings. The van der Waals surface area contributed by atoms with Crippen LogP contribution >= 0.6 is 11.6 Å². The van der Waals surface area contributed by atoms with Crippen LogP contribution in [0.3, 0.4) is 0 Å². The molecule has 32 heavy (non-hydrogen) atoms. The van der Waals surface area contributed by atoms with Crippen LogP contribution in [-0.4, -0.2) is 35.6 Å². The van der Waals surface area contributed by atoms with E-state index in [9.17, 15) is 14.0 Å². The lowest BCUT2D eigenvalue weighted by molar-refractivity contribution is 0.102. The predicted molar refractivity (Wildman–Crippen MR) is 123 cm³/mol. The van der Waals surface area contributed by atoms with Crippen LogP contribution in [0.2, 0.25) is 5.02 Å². The van der Waals surface area contributed by atoms with E-state index in [0.29, 0.717) is 22.1 Å². The van der Waals surface area contributed by atoms with Crippen LogP contribution in [0, 0.1) is 11.2 Å². The normalized spacial score (nSPS) is 12.6. The van der Waals surface area contributed by atoms with E-state index in [0.717, 1.165) is 31.1 Å². The summed E-state index contributed by atoms with van der Waals surface area (Å²) in [7, 11) is 0. The van der Waals surface area contributed by atoms with Gasteiger partial charge in [0.1, 0.15) is 11.7 Å². The summed E-state index contributed by atoms with van der Waals surface area (Å²) in [6, 6.07) is 16.7. The molecule has 0 spiro atoms. The van der Waals surface area contributed by atoms with Gasteiger partial charge in [-0.1, -0.05) is 23.7 Å². The van der Waals surface area contributed by atoms with E-state index in [2.05, 4.69) is 10.6 Å². The smallest absolute Gasteiger partial charge is 0.257 e. The van der Waals surface area contributed by atoms with Gasteiger partial charge in [0.2, 0.25) is 0 Å². The molecule has 0 atom stereocenters. The zero-order valence-electron chi connectivity index (χ0n) is 17.0. The van der Waals surface area contributed by atoms with Crippen molar-refractivity contribution in [1.82, 2.24) is 4.90 Å². The first-order valence-electron chi connectivity index (χ1n) is 10.0. The monoisotopic (exact) mass is 450 g/mol. The molecule has 0 aliphatic carbocycles. The van der Waals surface area contributed by atoms with Crippen molar-refractivity contribution < 1.29 is 14.0 Å². The zero-order valence-corrected chi connectivity index (χ0v) is 17.7. The van der Waals surface area contributed by atoms with E-state index in [4.69, 9.17) is 17.0 Å². The third-order valence-corrected chi connectivity index (χ3v) is 5.42. The summed E-state index contributed by atoms with van der Waals surface area (Å²) in [6.45, 7) is 1.74. The van der Waals surface area contributed by atoms with Crippen LogP contribution in [0.4, 0.5) is 15.8 Å². The highest BCUT2D eigenvalue weighted by atomic mass is 35.5. The number of rotatable bonds is 5. The van der Waals surface area contributed by atoms with Crippen LogP contribution in [0.1, 0.15) is 32.7 Å². The minimum Gasteiger partial charge on any atom is -0.356 e. The van der Waals surface area contributed by atoms with E-state index >= 15 is 0 Å². The largest absolute Gasteiger partial charge is 0.356 e. The molecule has 162 valence electrons. The van der Waals surface area contributed by atoms with Crippen molar-refractivity contribution in [3.8, 4) is 0 Å². The summed E-state index contributed by atoms with van der Waals surface area (Å²) in [6.07, 6.45) is 1.08. The fraction of sp³-hybridized carbons (Fsp3) is 0.125. The first kappa shape index (κ1) is 21.5. The fourth-order valence-corrected chi connectivity index (χ4v) is 3.37. The van der Waals surface area contributed by atoms with Crippen LogP contribution in [0.25, 0.3) is 0 Å². The summed E-state index contributed by atoms with van der Waals surface area (Å²) in [4.78, 5) is 27.4. The standard InChI is InChI=1S/C24H20ClFN4O2/c25-17-6-9-19(10-7-17)28-24(32)20-14-18(26)8-11-21(20)29-23(31)16-4-2-15(3-5-16)22(27)30-12-1-13-30/h2-11,14,27H,1,12-13H2,(H,28,32)(H,29,31). The second kappa shape index (κ2) is 9.20. The molecule has 1 fully saturated rings. The first-order valence-corrected chi connectivity index (χ1v) is 10.4. The molecule has 0 unspecified atom stereocenters. The van der Waals surface area contributed by atoms with Gasteiger partial charge < -0.3 is 15.5 Å². The van der Waals surface area contributed by atoms with E-state index in [-0.39, 0.29) is 11.3 Å². The van der Waals surface area contributed by atoms with E-state index < -0.39 is 17.6 Å². The second-order valence-corrected chi connectivity index (χ2v) is 7.81. The summed E-state index contributed by atoms with van der Waals surface area (Å²) in [5.41, 5.74) is 1.75. The van der Waals surface area contributed by atoms with Crippen LogP contribution in [-0.2, 0) is 0 Å². The molecule has 1 aliphatic rings. The van der Waals surface area contributed by atoms with Gasteiger partial charge in [-0.15, -0.1) is 0 Å². The van der Waals surface area contributed by atoms with Gasteiger partial charge in [-0.25, -0.2) is 4.39 Å².